The molecule has 114 valence electrons. The molecule has 0 spiro atoms. The molecule has 21 heavy (non-hydrogen) atoms. The molecule has 5 heteroatoms. The van der Waals surface area contributed by atoms with E-state index in [1.165, 1.54) is 6.08 Å². The number of hydrogen-bond donors (Lipinski definition) is 2. The fourth-order valence-corrected chi connectivity index (χ4v) is 1.90. The van der Waals surface area contributed by atoms with Crippen molar-refractivity contribution >= 4 is 23.6 Å². The Morgan fingerprint density at radius 3 is 2.52 bits per heavy atom. The highest BCUT2D eigenvalue weighted by atomic mass is 16.4. The first-order valence-electron chi connectivity index (χ1n) is 6.77. The van der Waals surface area contributed by atoms with E-state index >= 15 is 0 Å². The van der Waals surface area contributed by atoms with Gasteiger partial charge in [0.2, 0.25) is 5.91 Å². The molecule has 1 aromatic rings. The summed E-state index contributed by atoms with van der Waals surface area (Å²) < 4.78 is 0. The molecule has 0 saturated carbocycles. The lowest BCUT2D eigenvalue weighted by Gasteiger charge is -2.34. The summed E-state index contributed by atoms with van der Waals surface area (Å²) in [4.78, 5) is 24.5. The Bertz CT molecular complexity index is 545. The summed E-state index contributed by atoms with van der Waals surface area (Å²) in [7, 11) is 0. The van der Waals surface area contributed by atoms with Gasteiger partial charge in [0.05, 0.1) is 6.42 Å². The highest BCUT2D eigenvalue weighted by Crippen LogP contribution is 2.15. The SMILES string of the molecule is CC(C)(C)N(CCC(=O)O)C(=O)/C=C/c1cccc(N)c1. The molecule has 0 aliphatic heterocycles. The van der Waals surface area contributed by atoms with E-state index < -0.39 is 11.5 Å². The molecule has 0 unspecified atom stereocenters. The number of hydrogen-bond acceptors (Lipinski definition) is 3. The van der Waals surface area contributed by atoms with Crippen LogP contribution in [-0.2, 0) is 9.59 Å². The number of carbonyl (C=O) groups is 2. The van der Waals surface area contributed by atoms with Gasteiger partial charge < -0.3 is 15.7 Å². The molecule has 1 rings (SSSR count). The summed E-state index contributed by atoms with van der Waals surface area (Å²) in [6.45, 7) is 5.81. The van der Waals surface area contributed by atoms with Crippen LogP contribution in [0.2, 0.25) is 0 Å². The predicted octanol–water partition coefficient (Wildman–Crippen LogP) is 2.38. The minimum atomic E-state index is -0.920. The van der Waals surface area contributed by atoms with Crippen LogP contribution in [0.5, 0.6) is 0 Å². The van der Waals surface area contributed by atoms with Gasteiger partial charge in [0.25, 0.3) is 0 Å². The molecule has 3 N–H and O–H groups in total. The third-order valence-electron chi connectivity index (χ3n) is 2.95. The van der Waals surface area contributed by atoms with Gasteiger partial charge in [-0.05, 0) is 44.5 Å². The third-order valence-corrected chi connectivity index (χ3v) is 2.95. The smallest absolute Gasteiger partial charge is 0.305 e. The Labute approximate surface area is 125 Å². The lowest BCUT2D eigenvalue weighted by molar-refractivity contribution is -0.139. The van der Waals surface area contributed by atoms with Crippen LogP contribution in [-0.4, -0.2) is 34.0 Å². The van der Waals surface area contributed by atoms with Crippen LogP contribution in [0.4, 0.5) is 5.69 Å². The van der Waals surface area contributed by atoms with Crippen molar-refractivity contribution in [3.05, 3.63) is 35.9 Å². The van der Waals surface area contributed by atoms with Crippen LogP contribution >= 0.6 is 0 Å². The number of benzene rings is 1. The molecule has 1 aromatic carbocycles. The predicted molar refractivity (Wildman–Crippen MR) is 83.6 cm³/mol. The van der Waals surface area contributed by atoms with E-state index in [1.54, 1.807) is 23.1 Å². The molecule has 0 bridgehead atoms. The van der Waals surface area contributed by atoms with Crippen LogP contribution in [0.3, 0.4) is 0 Å². The molecule has 0 heterocycles. The van der Waals surface area contributed by atoms with Crippen molar-refractivity contribution in [2.75, 3.05) is 12.3 Å². The standard InChI is InChI=1S/C16H22N2O3/c1-16(2,3)18(10-9-15(20)21)14(19)8-7-12-5-4-6-13(17)11-12/h4-8,11H,9-10,17H2,1-3H3,(H,20,21)/b8-7+. The topological polar surface area (TPSA) is 83.6 Å². The van der Waals surface area contributed by atoms with E-state index in [2.05, 4.69) is 0 Å². The van der Waals surface area contributed by atoms with Crippen molar-refractivity contribution in [1.82, 2.24) is 4.90 Å². The molecule has 0 radical (unpaired) electrons. The molecule has 0 aromatic heterocycles. The second-order valence-corrected chi connectivity index (χ2v) is 5.81. The van der Waals surface area contributed by atoms with Crippen molar-refractivity contribution in [3.8, 4) is 0 Å². The van der Waals surface area contributed by atoms with E-state index in [-0.39, 0.29) is 18.9 Å². The van der Waals surface area contributed by atoms with Crippen molar-refractivity contribution in [2.24, 2.45) is 0 Å². The molecule has 0 saturated heterocycles. The Kier molecular flexibility index (Phi) is 5.52. The average molecular weight is 290 g/mol. The fourth-order valence-electron chi connectivity index (χ4n) is 1.90. The Hall–Kier alpha value is -2.30. The summed E-state index contributed by atoms with van der Waals surface area (Å²) in [6.07, 6.45) is 3.05. The third kappa shape index (κ3) is 5.69. The number of nitrogens with zero attached hydrogens (tertiary/aromatic N) is 1. The number of carboxylic acid groups (broad SMARTS) is 1. The molecule has 0 aliphatic carbocycles. The first kappa shape index (κ1) is 16.8. The average Bonchev–Trinajstić information content (AvgIpc) is 2.34. The highest BCUT2D eigenvalue weighted by Gasteiger charge is 2.25. The fraction of sp³-hybridized carbons (Fsp3) is 0.375. The normalized spacial score (nSPS) is 11.6. The number of nitrogen functional groups attached to an aromatic ring is 1. The molecule has 1 amide bonds. The van der Waals surface area contributed by atoms with Gasteiger partial charge >= 0.3 is 5.97 Å². The zero-order valence-corrected chi connectivity index (χ0v) is 12.7. The molecule has 0 aliphatic rings. The minimum absolute atomic E-state index is 0.0743. The maximum absolute atomic E-state index is 12.3. The highest BCUT2D eigenvalue weighted by molar-refractivity contribution is 5.92. The molecular weight excluding hydrogens is 268 g/mol. The van der Waals surface area contributed by atoms with Gasteiger partial charge in [0.1, 0.15) is 0 Å². The van der Waals surface area contributed by atoms with Gasteiger partial charge in [-0.15, -0.1) is 0 Å². The quantitative estimate of drug-likeness (QED) is 0.644. The van der Waals surface area contributed by atoms with E-state index in [4.69, 9.17) is 10.8 Å². The summed E-state index contributed by atoms with van der Waals surface area (Å²) >= 11 is 0. The largest absolute Gasteiger partial charge is 0.481 e. The van der Waals surface area contributed by atoms with Crippen LogP contribution < -0.4 is 5.73 Å². The number of aliphatic carboxylic acids is 1. The molecule has 0 atom stereocenters. The second kappa shape index (κ2) is 6.92. The number of carbonyl (C=O) groups excluding carboxylic acids is 1. The lowest BCUT2D eigenvalue weighted by Crippen LogP contribution is -2.45. The van der Waals surface area contributed by atoms with Gasteiger partial charge in [-0.2, -0.15) is 0 Å². The Morgan fingerprint density at radius 1 is 1.33 bits per heavy atom. The first-order valence-corrected chi connectivity index (χ1v) is 6.77. The second-order valence-electron chi connectivity index (χ2n) is 5.81. The first-order chi connectivity index (χ1) is 9.70. The van der Waals surface area contributed by atoms with Gasteiger partial charge in [0, 0.05) is 23.8 Å². The van der Waals surface area contributed by atoms with Crippen LogP contribution in [0.25, 0.3) is 6.08 Å². The summed E-state index contributed by atoms with van der Waals surface area (Å²) in [5.74, 6) is -1.14. The van der Waals surface area contributed by atoms with Gasteiger partial charge in [0.15, 0.2) is 0 Å². The van der Waals surface area contributed by atoms with E-state index in [0.717, 1.165) is 5.56 Å². The molecule has 0 fully saturated rings. The van der Waals surface area contributed by atoms with Crippen molar-refractivity contribution < 1.29 is 14.7 Å². The van der Waals surface area contributed by atoms with E-state index in [9.17, 15) is 9.59 Å². The van der Waals surface area contributed by atoms with Gasteiger partial charge in [-0.1, -0.05) is 12.1 Å². The van der Waals surface area contributed by atoms with Gasteiger partial charge in [-0.3, -0.25) is 9.59 Å². The Morgan fingerprint density at radius 2 is 2.00 bits per heavy atom. The Balaban J connectivity index is 2.83. The number of amides is 1. The number of nitrogens with two attached hydrogens (primary N) is 1. The van der Waals surface area contributed by atoms with Crippen LogP contribution in [0.1, 0.15) is 32.8 Å². The summed E-state index contributed by atoms with van der Waals surface area (Å²) in [5, 5.41) is 8.78. The monoisotopic (exact) mass is 290 g/mol. The number of rotatable bonds is 5. The maximum atomic E-state index is 12.3. The van der Waals surface area contributed by atoms with Crippen LogP contribution in [0.15, 0.2) is 30.3 Å². The van der Waals surface area contributed by atoms with Crippen LogP contribution in [0, 0.1) is 0 Å². The minimum Gasteiger partial charge on any atom is -0.481 e. The van der Waals surface area contributed by atoms with E-state index in [0.29, 0.717) is 5.69 Å². The lowest BCUT2D eigenvalue weighted by atomic mass is 10.0. The maximum Gasteiger partial charge on any atom is 0.305 e. The van der Waals surface area contributed by atoms with Crippen molar-refractivity contribution in [1.29, 1.82) is 0 Å². The summed E-state index contributed by atoms with van der Waals surface area (Å²) in [5.41, 5.74) is 6.70. The van der Waals surface area contributed by atoms with Crippen molar-refractivity contribution in [3.63, 3.8) is 0 Å². The molecule has 5 nitrogen and oxygen atoms in total. The zero-order valence-electron chi connectivity index (χ0n) is 12.7. The van der Waals surface area contributed by atoms with Gasteiger partial charge in [-0.25, -0.2) is 0 Å². The number of anilines is 1. The zero-order chi connectivity index (χ0) is 16.0. The molecular formula is C16H22N2O3. The van der Waals surface area contributed by atoms with Crippen molar-refractivity contribution in [2.45, 2.75) is 32.7 Å². The number of carboxylic acids is 1. The van der Waals surface area contributed by atoms with E-state index in [1.807, 2.05) is 32.9 Å². The summed E-state index contributed by atoms with van der Waals surface area (Å²) in [6, 6.07) is 7.19.